The average Bonchev–Trinajstić information content (AvgIpc) is 2.41. The number of hydrogen-bond donors (Lipinski definition) is 0. The van der Waals surface area contributed by atoms with Gasteiger partial charge in [0.25, 0.3) is 0 Å². The van der Waals surface area contributed by atoms with E-state index in [2.05, 4.69) is 22.9 Å². The second kappa shape index (κ2) is 6.04. The summed E-state index contributed by atoms with van der Waals surface area (Å²) in [6, 6.07) is 0. The lowest BCUT2D eigenvalue weighted by Crippen LogP contribution is -2.42. The summed E-state index contributed by atoms with van der Waals surface area (Å²) in [4.78, 5) is 14.1. The number of nitrogens with zero attached hydrogens (tertiary/aromatic N) is 1. The highest BCUT2D eigenvalue weighted by molar-refractivity contribution is 9.10. The quantitative estimate of drug-likeness (QED) is 0.727. The molecule has 1 saturated heterocycles. The Labute approximate surface area is 108 Å². The van der Waals surface area contributed by atoms with Crippen LogP contribution in [0.1, 0.15) is 52.9 Å². The Hall–Kier alpha value is -0.0500. The van der Waals surface area contributed by atoms with Crippen LogP contribution in [0.5, 0.6) is 0 Å². The smallest absolute Gasteiger partial charge is 0.238 e. The lowest BCUT2D eigenvalue weighted by Gasteiger charge is -2.27. The number of amides is 1. The molecule has 1 heterocycles. The van der Waals surface area contributed by atoms with Crippen molar-refractivity contribution in [3.63, 3.8) is 0 Å². The number of carbonyl (C=O) groups excluding carboxylic acids is 1. The van der Waals surface area contributed by atoms with Gasteiger partial charge in [-0.25, -0.2) is 0 Å². The zero-order chi connectivity index (χ0) is 12.2. The van der Waals surface area contributed by atoms with Crippen LogP contribution >= 0.6 is 15.9 Å². The number of carbonyl (C=O) groups is 1. The molecule has 1 atom stereocenters. The Morgan fingerprint density at radius 1 is 1.38 bits per heavy atom. The summed E-state index contributed by atoms with van der Waals surface area (Å²) in [5.74, 6) is 1.07. The number of hydrogen-bond acceptors (Lipinski definition) is 1. The van der Waals surface area contributed by atoms with Gasteiger partial charge in [0, 0.05) is 13.1 Å². The Morgan fingerprint density at radius 2 is 2.06 bits per heavy atom. The fraction of sp³-hybridized carbons (Fsp3) is 0.923. The first-order valence-corrected chi connectivity index (χ1v) is 7.22. The SMILES string of the molecule is CCCC1CCCN(C(=O)C(C)(C)Br)CC1. The Bertz CT molecular complexity index is 235. The first-order chi connectivity index (χ1) is 7.45. The first kappa shape index (κ1) is 14.0. The third-order valence-corrected chi connectivity index (χ3v) is 3.68. The molecule has 94 valence electrons. The molecule has 0 aliphatic carbocycles. The van der Waals surface area contributed by atoms with E-state index in [1.54, 1.807) is 0 Å². The Morgan fingerprint density at radius 3 is 2.62 bits per heavy atom. The van der Waals surface area contributed by atoms with Gasteiger partial charge in [-0.15, -0.1) is 0 Å². The summed E-state index contributed by atoms with van der Waals surface area (Å²) in [7, 11) is 0. The Kier molecular flexibility index (Phi) is 5.29. The van der Waals surface area contributed by atoms with E-state index in [0.717, 1.165) is 19.0 Å². The van der Waals surface area contributed by atoms with Crippen molar-refractivity contribution >= 4 is 21.8 Å². The molecule has 1 amide bonds. The third kappa shape index (κ3) is 4.08. The molecule has 1 rings (SSSR count). The maximum Gasteiger partial charge on any atom is 0.238 e. The molecule has 0 aromatic carbocycles. The average molecular weight is 290 g/mol. The van der Waals surface area contributed by atoms with E-state index >= 15 is 0 Å². The molecule has 2 nitrogen and oxygen atoms in total. The second-order valence-corrected chi connectivity index (χ2v) is 7.33. The highest BCUT2D eigenvalue weighted by atomic mass is 79.9. The monoisotopic (exact) mass is 289 g/mol. The number of rotatable bonds is 3. The molecule has 0 bridgehead atoms. The van der Waals surface area contributed by atoms with Gasteiger partial charge in [0.1, 0.15) is 0 Å². The highest BCUT2D eigenvalue weighted by Crippen LogP contribution is 2.25. The fourth-order valence-electron chi connectivity index (χ4n) is 2.44. The van der Waals surface area contributed by atoms with E-state index in [1.165, 1.54) is 32.1 Å². The molecule has 1 fully saturated rings. The van der Waals surface area contributed by atoms with Crippen LogP contribution in [0.15, 0.2) is 0 Å². The lowest BCUT2D eigenvalue weighted by atomic mass is 9.96. The topological polar surface area (TPSA) is 20.3 Å². The number of alkyl halides is 1. The molecule has 0 aromatic heterocycles. The van der Waals surface area contributed by atoms with Crippen LogP contribution in [0.3, 0.4) is 0 Å². The summed E-state index contributed by atoms with van der Waals surface area (Å²) in [6.45, 7) is 8.00. The zero-order valence-corrected chi connectivity index (χ0v) is 12.3. The van der Waals surface area contributed by atoms with E-state index in [-0.39, 0.29) is 5.91 Å². The van der Waals surface area contributed by atoms with Gasteiger partial charge in [-0.2, -0.15) is 0 Å². The summed E-state index contributed by atoms with van der Waals surface area (Å²) < 4.78 is -0.405. The van der Waals surface area contributed by atoms with E-state index in [4.69, 9.17) is 0 Å². The molecule has 0 radical (unpaired) electrons. The van der Waals surface area contributed by atoms with Gasteiger partial charge in [-0.3, -0.25) is 4.79 Å². The maximum absolute atomic E-state index is 12.1. The summed E-state index contributed by atoms with van der Waals surface area (Å²) >= 11 is 3.46. The predicted octanol–water partition coefficient (Wildman–Crippen LogP) is 3.59. The van der Waals surface area contributed by atoms with E-state index in [1.807, 2.05) is 18.7 Å². The van der Waals surface area contributed by atoms with Crippen LogP contribution in [-0.4, -0.2) is 28.2 Å². The van der Waals surface area contributed by atoms with Gasteiger partial charge in [-0.05, 0) is 39.0 Å². The van der Waals surface area contributed by atoms with Crippen LogP contribution < -0.4 is 0 Å². The van der Waals surface area contributed by atoms with E-state index < -0.39 is 4.32 Å². The Balaban J connectivity index is 2.50. The normalized spacial score (nSPS) is 23.0. The molecule has 0 saturated carbocycles. The minimum absolute atomic E-state index is 0.240. The summed E-state index contributed by atoms with van der Waals surface area (Å²) in [5, 5.41) is 0. The minimum Gasteiger partial charge on any atom is -0.341 e. The van der Waals surface area contributed by atoms with Gasteiger partial charge in [0.15, 0.2) is 0 Å². The van der Waals surface area contributed by atoms with Crippen molar-refractivity contribution in [2.75, 3.05) is 13.1 Å². The molecular formula is C13H24BrNO. The molecule has 16 heavy (non-hydrogen) atoms. The number of likely N-dealkylation sites (tertiary alicyclic amines) is 1. The van der Waals surface area contributed by atoms with Crippen molar-refractivity contribution in [3.05, 3.63) is 0 Å². The number of halogens is 1. The van der Waals surface area contributed by atoms with Crippen LogP contribution in [-0.2, 0) is 4.79 Å². The minimum atomic E-state index is -0.405. The van der Waals surface area contributed by atoms with E-state index in [9.17, 15) is 4.79 Å². The van der Waals surface area contributed by atoms with Crippen molar-refractivity contribution in [1.29, 1.82) is 0 Å². The highest BCUT2D eigenvalue weighted by Gasteiger charge is 2.30. The maximum atomic E-state index is 12.1. The first-order valence-electron chi connectivity index (χ1n) is 6.43. The van der Waals surface area contributed by atoms with Gasteiger partial charge >= 0.3 is 0 Å². The van der Waals surface area contributed by atoms with Crippen molar-refractivity contribution in [3.8, 4) is 0 Å². The molecule has 1 aliphatic rings. The van der Waals surface area contributed by atoms with Gasteiger partial charge in [0.2, 0.25) is 5.91 Å². The van der Waals surface area contributed by atoms with Crippen LogP contribution in [0.4, 0.5) is 0 Å². The molecule has 1 unspecified atom stereocenters. The second-order valence-electron chi connectivity index (χ2n) is 5.35. The van der Waals surface area contributed by atoms with Gasteiger partial charge in [-0.1, -0.05) is 35.7 Å². The fourth-order valence-corrected chi connectivity index (χ4v) is 2.69. The predicted molar refractivity (Wildman–Crippen MR) is 71.8 cm³/mol. The molecule has 0 N–H and O–H groups in total. The van der Waals surface area contributed by atoms with Gasteiger partial charge in [0.05, 0.1) is 4.32 Å². The van der Waals surface area contributed by atoms with Gasteiger partial charge < -0.3 is 4.90 Å². The van der Waals surface area contributed by atoms with Crippen molar-refractivity contribution in [1.82, 2.24) is 4.90 Å². The zero-order valence-electron chi connectivity index (χ0n) is 10.8. The third-order valence-electron chi connectivity index (χ3n) is 3.34. The molecule has 1 aliphatic heterocycles. The van der Waals surface area contributed by atoms with Crippen molar-refractivity contribution in [2.24, 2.45) is 5.92 Å². The van der Waals surface area contributed by atoms with Crippen molar-refractivity contribution < 1.29 is 4.79 Å². The molecular weight excluding hydrogens is 266 g/mol. The van der Waals surface area contributed by atoms with Crippen LogP contribution in [0.2, 0.25) is 0 Å². The molecule has 3 heteroatoms. The van der Waals surface area contributed by atoms with E-state index in [0.29, 0.717) is 0 Å². The summed E-state index contributed by atoms with van der Waals surface area (Å²) in [6.07, 6.45) is 6.23. The lowest BCUT2D eigenvalue weighted by molar-refractivity contribution is -0.132. The molecule has 0 aromatic rings. The standard InChI is InChI=1S/C13H24BrNO/c1-4-6-11-7-5-9-15(10-8-11)12(16)13(2,3)14/h11H,4-10H2,1-3H3. The van der Waals surface area contributed by atoms with Crippen molar-refractivity contribution in [2.45, 2.75) is 57.2 Å². The van der Waals surface area contributed by atoms with Crippen LogP contribution in [0.25, 0.3) is 0 Å². The summed E-state index contributed by atoms with van der Waals surface area (Å²) in [5.41, 5.74) is 0. The largest absolute Gasteiger partial charge is 0.341 e. The van der Waals surface area contributed by atoms with Crippen LogP contribution in [0, 0.1) is 5.92 Å². The molecule has 0 spiro atoms.